The van der Waals surface area contributed by atoms with Crippen molar-refractivity contribution in [3.05, 3.63) is 81.3 Å². The van der Waals surface area contributed by atoms with Gasteiger partial charge in [0, 0.05) is 16.6 Å². The lowest BCUT2D eigenvalue weighted by Gasteiger charge is -2.35. The molecule has 1 heterocycles. The molecule has 1 aliphatic heterocycles. The quantitative estimate of drug-likeness (QED) is 0.621. The number of benzene rings is 3. The maximum Gasteiger partial charge on any atom is 0.331 e. The molecule has 3 aromatic rings. The zero-order valence-electron chi connectivity index (χ0n) is 14.5. The van der Waals surface area contributed by atoms with Crippen LogP contribution in [0.15, 0.2) is 53.0 Å². The standard InChI is InChI=1S/C21H14BrF2NO3/c22-12-9-11-3-1-2-4-13(11)16(10-12)20(26)25-8-7-14-15(19(25)21(27)28)5-6-17(23)18(14)24/h1-6,9-10,19H,7-8H2,(H,27,28). The molecule has 0 spiro atoms. The Morgan fingerprint density at radius 2 is 1.86 bits per heavy atom. The van der Waals surface area contributed by atoms with E-state index in [-0.39, 0.29) is 24.1 Å². The van der Waals surface area contributed by atoms with Gasteiger partial charge in [0.25, 0.3) is 5.91 Å². The first-order chi connectivity index (χ1) is 13.4. The summed E-state index contributed by atoms with van der Waals surface area (Å²) in [7, 11) is 0. The number of amides is 1. The maximum atomic E-state index is 14.2. The minimum atomic E-state index is -1.39. The lowest BCUT2D eigenvalue weighted by Crippen LogP contribution is -2.44. The Morgan fingerprint density at radius 1 is 1.11 bits per heavy atom. The van der Waals surface area contributed by atoms with E-state index in [0.717, 1.165) is 11.5 Å². The third-order valence-electron chi connectivity index (χ3n) is 4.99. The normalized spacial score (nSPS) is 16.1. The van der Waals surface area contributed by atoms with Gasteiger partial charge in [-0.2, -0.15) is 0 Å². The van der Waals surface area contributed by atoms with Crippen molar-refractivity contribution in [1.82, 2.24) is 4.90 Å². The zero-order chi connectivity index (χ0) is 20.0. The largest absolute Gasteiger partial charge is 0.479 e. The second kappa shape index (κ2) is 6.98. The van der Waals surface area contributed by atoms with Gasteiger partial charge in [-0.05, 0) is 46.5 Å². The van der Waals surface area contributed by atoms with E-state index in [2.05, 4.69) is 15.9 Å². The van der Waals surface area contributed by atoms with Gasteiger partial charge in [0.05, 0.1) is 0 Å². The summed E-state index contributed by atoms with van der Waals surface area (Å²) in [4.78, 5) is 26.5. The van der Waals surface area contributed by atoms with Gasteiger partial charge >= 0.3 is 5.97 Å². The number of carboxylic acid groups (broad SMARTS) is 1. The van der Waals surface area contributed by atoms with Crippen molar-refractivity contribution in [2.75, 3.05) is 6.54 Å². The molecule has 0 radical (unpaired) electrons. The Kier molecular flexibility index (Phi) is 4.63. The average molecular weight is 446 g/mol. The van der Waals surface area contributed by atoms with E-state index in [0.29, 0.717) is 15.4 Å². The summed E-state index contributed by atoms with van der Waals surface area (Å²) in [6.07, 6.45) is 0.0420. The van der Waals surface area contributed by atoms with Gasteiger partial charge in [0.1, 0.15) is 0 Å². The van der Waals surface area contributed by atoms with E-state index in [4.69, 9.17) is 0 Å². The molecular weight excluding hydrogens is 432 g/mol. The Bertz CT molecular complexity index is 1130. The molecule has 1 aliphatic rings. The fourth-order valence-corrected chi connectivity index (χ4v) is 4.21. The molecule has 0 fully saturated rings. The van der Waals surface area contributed by atoms with Crippen LogP contribution in [-0.2, 0) is 11.2 Å². The number of fused-ring (bicyclic) bond motifs is 2. The number of rotatable bonds is 2. The molecule has 3 aromatic carbocycles. The molecule has 142 valence electrons. The van der Waals surface area contributed by atoms with E-state index in [1.807, 2.05) is 18.2 Å². The predicted octanol–water partition coefficient (Wildman–Crippen LogP) is 4.70. The summed E-state index contributed by atoms with van der Waals surface area (Å²) in [6.45, 7) is -0.0238. The fraction of sp³-hybridized carbons (Fsp3) is 0.143. The molecule has 0 aliphatic carbocycles. The molecular formula is C21H14BrF2NO3. The van der Waals surface area contributed by atoms with Crippen molar-refractivity contribution >= 4 is 38.6 Å². The Morgan fingerprint density at radius 3 is 2.61 bits per heavy atom. The van der Waals surface area contributed by atoms with E-state index in [9.17, 15) is 23.5 Å². The molecule has 0 saturated carbocycles. The Balaban J connectivity index is 1.84. The number of nitrogens with zero attached hydrogens (tertiary/aromatic N) is 1. The highest BCUT2D eigenvalue weighted by Gasteiger charge is 2.38. The van der Waals surface area contributed by atoms with Crippen molar-refractivity contribution in [1.29, 1.82) is 0 Å². The molecule has 1 N–H and O–H groups in total. The zero-order valence-corrected chi connectivity index (χ0v) is 16.0. The number of aliphatic carboxylic acids is 1. The van der Waals surface area contributed by atoms with Crippen LogP contribution in [0.4, 0.5) is 8.78 Å². The summed E-state index contributed by atoms with van der Waals surface area (Å²) < 4.78 is 28.4. The molecule has 1 unspecified atom stereocenters. The molecule has 1 atom stereocenters. The van der Waals surface area contributed by atoms with Crippen LogP contribution in [0.25, 0.3) is 10.8 Å². The highest BCUT2D eigenvalue weighted by atomic mass is 79.9. The minimum Gasteiger partial charge on any atom is -0.479 e. The highest BCUT2D eigenvalue weighted by Crippen LogP contribution is 2.35. The van der Waals surface area contributed by atoms with Crippen LogP contribution in [0.1, 0.15) is 27.5 Å². The number of carbonyl (C=O) groups is 2. The maximum absolute atomic E-state index is 14.2. The van der Waals surface area contributed by atoms with Crippen molar-refractivity contribution in [3.63, 3.8) is 0 Å². The molecule has 28 heavy (non-hydrogen) atoms. The summed E-state index contributed by atoms with van der Waals surface area (Å²) >= 11 is 3.38. The van der Waals surface area contributed by atoms with E-state index in [1.54, 1.807) is 18.2 Å². The van der Waals surface area contributed by atoms with Crippen molar-refractivity contribution in [2.24, 2.45) is 0 Å². The summed E-state index contributed by atoms with van der Waals surface area (Å²) in [5.74, 6) is -3.84. The van der Waals surface area contributed by atoms with E-state index >= 15 is 0 Å². The molecule has 1 amide bonds. The van der Waals surface area contributed by atoms with Crippen LogP contribution in [0.3, 0.4) is 0 Å². The SMILES string of the molecule is O=C(O)C1c2ccc(F)c(F)c2CCN1C(=O)c1cc(Br)cc2ccccc12. The predicted molar refractivity (Wildman–Crippen MR) is 103 cm³/mol. The fourth-order valence-electron chi connectivity index (χ4n) is 3.74. The van der Waals surface area contributed by atoms with Gasteiger partial charge in [-0.15, -0.1) is 0 Å². The summed E-state index contributed by atoms with van der Waals surface area (Å²) in [5.41, 5.74) is 0.461. The number of hydrogen-bond acceptors (Lipinski definition) is 2. The van der Waals surface area contributed by atoms with Gasteiger partial charge in [-0.25, -0.2) is 13.6 Å². The van der Waals surface area contributed by atoms with Crippen LogP contribution in [0, 0.1) is 11.6 Å². The van der Waals surface area contributed by atoms with Crippen LogP contribution < -0.4 is 0 Å². The van der Waals surface area contributed by atoms with Crippen molar-refractivity contribution in [2.45, 2.75) is 12.5 Å². The van der Waals surface area contributed by atoms with Crippen molar-refractivity contribution < 1.29 is 23.5 Å². The van der Waals surface area contributed by atoms with E-state index in [1.165, 1.54) is 11.0 Å². The molecule has 4 nitrogen and oxygen atoms in total. The average Bonchev–Trinajstić information content (AvgIpc) is 2.68. The summed E-state index contributed by atoms with van der Waals surface area (Å²) in [5, 5.41) is 11.3. The second-order valence-electron chi connectivity index (χ2n) is 6.59. The van der Waals surface area contributed by atoms with Gasteiger partial charge < -0.3 is 10.0 Å². The van der Waals surface area contributed by atoms with Crippen LogP contribution >= 0.6 is 15.9 Å². The van der Waals surface area contributed by atoms with Crippen LogP contribution in [-0.4, -0.2) is 28.4 Å². The second-order valence-corrected chi connectivity index (χ2v) is 7.51. The summed E-state index contributed by atoms with van der Waals surface area (Å²) in [6, 6.07) is 11.5. The molecule has 0 bridgehead atoms. The van der Waals surface area contributed by atoms with Gasteiger partial charge in [0.15, 0.2) is 17.7 Å². The first-order valence-electron chi connectivity index (χ1n) is 8.57. The van der Waals surface area contributed by atoms with E-state index < -0.39 is 29.6 Å². The molecule has 7 heteroatoms. The minimum absolute atomic E-state index is 0.00977. The van der Waals surface area contributed by atoms with Crippen LogP contribution in [0.5, 0.6) is 0 Å². The molecule has 0 saturated heterocycles. The molecule has 4 rings (SSSR count). The van der Waals surface area contributed by atoms with Gasteiger partial charge in [-0.1, -0.05) is 46.3 Å². The topological polar surface area (TPSA) is 57.6 Å². The number of halogens is 3. The monoisotopic (exact) mass is 445 g/mol. The van der Waals surface area contributed by atoms with Crippen molar-refractivity contribution in [3.8, 4) is 0 Å². The highest BCUT2D eigenvalue weighted by molar-refractivity contribution is 9.10. The van der Waals surface area contributed by atoms with Gasteiger partial charge in [-0.3, -0.25) is 4.79 Å². The Hall–Kier alpha value is -2.80. The molecule has 0 aromatic heterocycles. The Labute approximate surface area is 167 Å². The number of carboxylic acids is 1. The number of hydrogen-bond donors (Lipinski definition) is 1. The number of carbonyl (C=O) groups excluding carboxylic acids is 1. The first-order valence-corrected chi connectivity index (χ1v) is 9.36. The third-order valence-corrected chi connectivity index (χ3v) is 5.45. The third kappa shape index (κ3) is 2.96. The smallest absolute Gasteiger partial charge is 0.331 e. The lowest BCUT2D eigenvalue weighted by molar-refractivity contribution is -0.143. The van der Waals surface area contributed by atoms with Crippen LogP contribution in [0.2, 0.25) is 0 Å². The van der Waals surface area contributed by atoms with Gasteiger partial charge in [0.2, 0.25) is 0 Å². The first kappa shape index (κ1) is 18.6. The lowest BCUT2D eigenvalue weighted by atomic mass is 9.91.